The predicted octanol–water partition coefficient (Wildman–Crippen LogP) is 1.37. The Labute approximate surface area is 102 Å². The van der Waals surface area contributed by atoms with E-state index in [0.29, 0.717) is 0 Å². The molecule has 1 saturated heterocycles. The molecule has 1 atom stereocenters. The van der Waals surface area contributed by atoms with Crippen LogP contribution in [0.1, 0.15) is 25.5 Å². The first-order chi connectivity index (χ1) is 8.24. The molecule has 0 saturated carbocycles. The van der Waals surface area contributed by atoms with Crippen molar-refractivity contribution in [2.45, 2.75) is 31.7 Å². The van der Waals surface area contributed by atoms with Crippen LogP contribution in [0.25, 0.3) is 0 Å². The Bertz CT molecular complexity index is 420. The molecule has 1 fully saturated rings. The van der Waals surface area contributed by atoms with Gasteiger partial charge < -0.3 is 15.4 Å². The van der Waals surface area contributed by atoms with Crippen molar-refractivity contribution in [3.05, 3.63) is 5.69 Å². The van der Waals surface area contributed by atoms with Gasteiger partial charge in [-0.2, -0.15) is 5.10 Å². The van der Waals surface area contributed by atoms with Crippen molar-refractivity contribution in [2.24, 2.45) is 7.05 Å². The predicted molar refractivity (Wildman–Crippen MR) is 67.5 cm³/mol. The smallest absolute Gasteiger partial charge is 0.148 e. The minimum Gasteiger partial charge on any atom is -0.379 e. The van der Waals surface area contributed by atoms with Gasteiger partial charge in [0.15, 0.2) is 0 Å². The molecule has 94 valence electrons. The second kappa shape index (κ2) is 3.91. The van der Waals surface area contributed by atoms with Crippen molar-refractivity contribution < 1.29 is 4.74 Å². The highest BCUT2D eigenvalue weighted by Gasteiger charge is 2.39. The molecule has 5 nitrogen and oxygen atoms in total. The Hall–Kier alpha value is -1.23. The van der Waals surface area contributed by atoms with Crippen LogP contribution in [-0.4, -0.2) is 35.1 Å². The monoisotopic (exact) mass is 236 g/mol. The molecule has 5 heteroatoms. The molecule has 1 unspecified atom stereocenters. The Morgan fingerprint density at radius 2 is 2.41 bits per heavy atom. The molecular formula is C12H20N4O. The van der Waals surface area contributed by atoms with Crippen LogP contribution in [0.2, 0.25) is 0 Å². The second-order valence-corrected chi connectivity index (χ2v) is 5.11. The largest absolute Gasteiger partial charge is 0.379 e. The fourth-order valence-electron chi connectivity index (χ4n) is 2.72. The molecule has 1 spiro atoms. The van der Waals surface area contributed by atoms with E-state index >= 15 is 0 Å². The third-order valence-electron chi connectivity index (χ3n) is 3.70. The quantitative estimate of drug-likeness (QED) is 0.814. The minimum absolute atomic E-state index is 0.0737. The zero-order valence-corrected chi connectivity index (χ0v) is 10.5. The number of nitrogens with zero attached hydrogens (tertiary/aromatic N) is 2. The highest BCUT2D eigenvalue weighted by molar-refractivity contribution is 5.72. The molecule has 0 amide bonds. The molecule has 1 aromatic heterocycles. The third kappa shape index (κ3) is 1.69. The third-order valence-corrected chi connectivity index (χ3v) is 3.70. The van der Waals surface area contributed by atoms with Crippen LogP contribution >= 0.6 is 0 Å². The summed E-state index contributed by atoms with van der Waals surface area (Å²) in [6, 6.07) is 0. The van der Waals surface area contributed by atoms with E-state index in [2.05, 4.69) is 22.7 Å². The van der Waals surface area contributed by atoms with Gasteiger partial charge >= 0.3 is 0 Å². The lowest BCUT2D eigenvalue weighted by molar-refractivity contribution is 0.183. The summed E-state index contributed by atoms with van der Waals surface area (Å²) in [6.07, 6.45) is 3.22. The first-order valence-electron chi connectivity index (χ1n) is 6.40. The van der Waals surface area contributed by atoms with Crippen molar-refractivity contribution in [2.75, 3.05) is 30.4 Å². The number of nitrogens with one attached hydrogen (secondary N) is 2. The van der Waals surface area contributed by atoms with Gasteiger partial charge in [-0.05, 0) is 12.8 Å². The van der Waals surface area contributed by atoms with Gasteiger partial charge in [-0.25, -0.2) is 0 Å². The Morgan fingerprint density at radius 3 is 3.12 bits per heavy atom. The fourth-order valence-corrected chi connectivity index (χ4v) is 2.72. The van der Waals surface area contributed by atoms with Crippen LogP contribution in [0.15, 0.2) is 0 Å². The van der Waals surface area contributed by atoms with Crippen LogP contribution in [0, 0.1) is 0 Å². The van der Waals surface area contributed by atoms with Gasteiger partial charge in [0, 0.05) is 20.2 Å². The summed E-state index contributed by atoms with van der Waals surface area (Å²) in [5.41, 5.74) is 2.43. The molecule has 2 aliphatic rings. The van der Waals surface area contributed by atoms with Crippen LogP contribution in [0.5, 0.6) is 0 Å². The van der Waals surface area contributed by atoms with Gasteiger partial charge in [0.25, 0.3) is 0 Å². The van der Waals surface area contributed by atoms with E-state index in [1.54, 1.807) is 0 Å². The molecule has 3 heterocycles. The van der Waals surface area contributed by atoms with Gasteiger partial charge in [-0.3, -0.25) is 4.68 Å². The summed E-state index contributed by atoms with van der Waals surface area (Å²) in [6.45, 7) is 4.75. The maximum Gasteiger partial charge on any atom is 0.148 e. The minimum atomic E-state index is 0.0737. The van der Waals surface area contributed by atoms with E-state index in [9.17, 15) is 0 Å². The summed E-state index contributed by atoms with van der Waals surface area (Å²) in [5, 5.41) is 11.8. The topological polar surface area (TPSA) is 51.1 Å². The van der Waals surface area contributed by atoms with E-state index in [1.807, 2.05) is 11.7 Å². The molecule has 17 heavy (non-hydrogen) atoms. The van der Waals surface area contributed by atoms with Crippen LogP contribution < -0.4 is 10.6 Å². The molecule has 0 aromatic carbocycles. The van der Waals surface area contributed by atoms with Gasteiger partial charge in [0.1, 0.15) is 11.5 Å². The van der Waals surface area contributed by atoms with E-state index in [0.717, 1.165) is 44.8 Å². The Morgan fingerprint density at radius 1 is 1.53 bits per heavy atom. The maximum atomic E-state index is 5.51. The van der Waals surface area contributed by atoms with Crippen molar-refractivity contribution in [3.8, 4) is 0 Å². The first kappa shape index (κ1) is 10.9. The average molecular weight is 236 g/mol. The van der Waals surface area contributed by atoms with Gasteiger partial charge in [-0.15, -0.1) is 0 Å². The maximum absolute atomic E-state index is 5.51. The summed E-state index contributed by atoms with van der Waals surface area (Å²) < 4.78 is 7.47. The van der Waals surface area contributed by atoms with Gasteiger partial charge in [0.05, 0.1) is 17.8 Å². The summed E-state index contributed by atoms with van der Waals surface area (Å²) in [4.78, 5) is 0. The normalized spacial score (nSPS) is 26.7. The van der Waals surface area contributed by atoms with E-state index in [1.165, 1.54) is 11.4 Å². The number of hydrogen-bond donors (Lipinski definition) is 2. The van der Waals surface area contributed by atoms with Crippen LogP contribution in [-0.2, 0) is 18.2 Å². The van der Waals surface area contributed by atoms with Gasteiger partial charge in [0.2, 0.25) is 0 Å². The Kier molecular flexibility index (Phi) is 2.50. The SMILES string of the molecule is CCCc1nn(C)c2c1NCC1(CCOC1)N2. The van der Waals surface area contributed by atoms with E-state index < -0.39 is 0 Å². The number of ether oxygens (including phenoxy) is 1. The average Bonchev–Trinajstić information content (AvgIpc) is 2.87. The highest BCUT2D eigenvalue weighted by Crippen LogP contribution is 2.36. The molecule has 0 radical (unpaired) electrons. The number of rotatable bonds is 2. The lowest BCUT2D eigenvalue weighted by Crippen LogP contribution is -2.48. The molecule has 1 aromatic rings. The van der Waals surface area contributed by atoms with Crippen molar-refractivity contribution in [1.82, 2.24) is 9.78 Å². The van der Waals surface area contributed by atoms with Gasteiger partial charge in [-0.1, -0.05) is 13.3 Å². The number of hydrogen-bond acceptors (Lipinski definition) is 4. The summed E-state index contributed by atoms with van der Waals surface area (Å²) in [7, 11) is 2.00. The second-order valence-electron chi connectivity index (χ2n) is 5.11. The summed E-state index contributed by atoms with van der Waals surface area (Å²) in [5.74, 6) is 1.12. The molecule has 2 N–H and O–H groups in total. The zero-order valence-electron chi connectivity index (χ0n) is 10.5. The van der Waals surface area contributed by atoms with Crippen LogP contribution in [0.3, 0.4) is 0 Å². The zero-order chi connectivity index (χ0) is 11.9. The molecule has 0 aliphatic carbocycles. The lowest BCUT2D eigenvalue weighted by Gasteiger charge is -2.35. The van der Waals surface area contributed by atoms with Crippen molar-refractivity contribution in [3.63, 3.8) is 0 Å². The number of anilines is 2. The molecule has 0 bridgehead atoms. The van der Waals surface area contributed by atoms with Crippen molar-refractivity contribution >= 4 is 11.5 Å². The summed E-state index contributed by atoms with van der Waals surface area (Å²) >= 11 is 0. The first-order valence-corrected chi connectivity index (χ1v) is 6.40. The highest BCUT2D eigenvalue weighted by atomic mass is 16.5. The van der Waals surface area contributed by atoms with Crippen molar-refractivity contribution in [1.29, 1.82) is 0 Å². The lowest BCUT2D eigenvalue weighted by atomic mass is 9.96. The molecule has 2 aliphatic heterocycles. The number of aryl methyl sites for hydroxylation is 2. The number of fused-ring (bicyclic) bond motifs is 1. The Balaban J connectivity index is 1.92. The number of aromatic nitrogens is 2. The standard InChI is InChI=1S/C12H20N4O/c1-3-4-9-10-11(16(2)15-9)14-12(7-13-10)5-6-17-8-12/h13-14H,3-8H2,1-2H3. The van der Waals surface area contributed by atoms with E-state index in [-0.39, 0.29) is 5.54 Å². The van der Waals surface area contributed by atoms with Crippen LogP contribution in [0.4, 0.5) is 11.5 Å². The fraction of sp³-hybridized carbons (Fsp3) is 0.750. The molecular weight excluding hydrogens is 216 g/mol. The van der Waals surface area contributed by atoms with E-state index in [4.69, 9.17) is 4.74 Å². The molecule has 3 rings (SSSR count).